The zero-order valence-corrected chi connectivity index (χ0v) is 9.33. The topological polar surface area (TPSA) is 29.5 Å². The van der Waals surface area contributed by atoms with E-state index in [0.29, 0.717) is 13.2 Å². The highest BCUT2D eigenvalue weighted by Crippen LogP contribution is 1.99. The minimum absolute atomic E-state index is 0.0783. The van der Waals surface area contributed by atoms with Gasteiger partial charge in [-0.15, -0.1) is 0 Å². The molecule has 0 saturated carbocycles. The minimum atomic E-state index is 0.0783. The Hall–Kier alpha value is -0.860. The molecular formula is C12H22O2. The van der Waals surface area contributed by atoms with Crippen LogP contribution in [0.25, 0.3) is 0 Å². The van der Waals surface area contributed by atoms with Crippen molar-refractivity contribution < 1.29 is 9.84 Å². The minimum Gasteiger partial charge on any atom is -0.394 e. The molecule has 0 radical (unpaired) electrons. The molecule has 0 atom stereocenters. The van der Waals surface area contributed by atoms with Gasteiger partial charge in [0.25, 0.3) is 0 Å². The van der Waals surface area contributed by atoms with Crippen LogP contribution in [-0.2, 0) is 4.74 Å². The van der Waals surface area contributed by atoms with E-state index >= 15 is 0 Å². The Bertz CT molecular complexity index is 160. The predicted octanol–water partition coefficient (Wildman–Crippen LogP) is 2.71. The summed E-state index contributed by atoms with van der Waals surface area (Å²) in [6, 6.07) is 0. The first-order chi connectivity index (χ1) is 6.81. The summed E-state index contributed by atoms with van der Waals surface area (Å²) in [7, 11) is 0. The Morgan fingerprint density at radius 1 is 1.36 bits per heavy atom. The van der Waals surface area contributed by atoms with E-state index in [2.05, 4.69) is 13.2 Å². The molecule has 0 amide bonds. The van der Waals surface area contributed by atoms with E-state index in [4.69, 9.17) is 9.84 Å². The van der Waals surface area contributed by atoms with E-state index in [9.17, 15) is 0 Å². The van der Waals surface area contributed by atoms with Crippen LogP contribution in [0, 0.1) is 0 Å². The average molecular weight is 198 g/mol. The van der Waals surface area contributed by atoms with Crippen LogP contribution in [0.1, 0.15) is 20.3 Å². The summed E-state index contributed by atoms with van der Waals surface area (Å²) >= 11 is 0. The van der Waals surface area contributed by atoms with Gasteiger partial charge in [0.15, 0.2) is 0 Å². The Labute approximate surface area is 87.6 Å². The predicted molar refractivity (Wildman–Crippen MR) is 62.3 cm³/mol. The normalized spacial score (nSPS) is 9.36. The summed E-state index contributed by atoms with van der Waals surface area (Å²) in [5.41, 5.74) is 1.01. The van der Waals surface area contributed by atoms with Gasteiger partial charge in [-0.3, -0.25) is 0 Å². The van der Waals surface area contributed by atoms with Gasteiger partial charge >= 0.3 is 0 Å². The maximum absolute atomic E-state index is 8.40. The molecule has 0 saturated heterocycles. The first-order valence-electron chi connectivity index (χ1n) is 4.96. The molecule has 1 N–H and O–H groups in total. The molecule has 0 rings (SSSR count). The second-order valence-electron chi connectivity index (χ2n) is 2.34. The maximum Gasteiger partial charge on any atom is 0.0697 e. The van der Waals surface area contributed by atoms with Crippen LogP contribution in [-0.4, -0.2) is 24.9 Å². The van der Waals surface area contributed by atoms with Crippen molar-refractivity contribution in [2.75, 3.05) is 19.8 Å². The molecular weight excluding hydrogens is 176 g/mol. The van der Waals surface area contributed by atoms with E-state index in [0.717, 1.165) is 12.0 Å². The monoisotopic (exact) mass is 198 g/mol. The van der Waals surface area contributed by atoms with Crippen molar-refractivity contribution in [2.45, 2.75) is 20.3 Å². The molecule has 0 aromatic heterocycles. The molecule has 0 unspecified atom stereocenters. The summed E-state index contributed by atoms with van der Waals surface area (Å²) < 4.78 is 5.06. The smallest absolute Gasteiger partial charge is 0.0697 e. The zero-order valence-electron chi connectivity index (χ0n) is 9.33. The third-order valence-electron chi connectivity index (χ3n) is 1.27. The largest absolute Gasteiger partial charge is 0.394 e. The van der Waals surface area contributed by atoms with Gasteiger partial charge in [0.05, 0.1) is 19.8 Å². The zero-order chi connectivity index (χ0) is 11.2. The highest BCUT2D eigenvalue weighted by atomic mass is 16.5. The van der Waals surface area contributed by atoms with Crippen molar-refractivity contribution in [1.29, 1.82) is 0 Å². The van der Waals surface area contributed by atoms with Crippen LogP contribution in [0.15, 0.2) is 37.0 Å². The second kappa shape index (κ2) is 14.7. The lowest BCUT2D eigenvalue weighted by molar-refractivity contribution is 0.0948. The number of rotatable bonds is 7. The molecule has 0 heterocycles. The molecule has 82 valence electrons. The molecule has 0 bridgehead atoms. The molecule has 0 fully saturated rings. The Morgan fingerprint density at radius 3 is 2.50 bits per heavy atom. The average Bonchev–Trinajstić information content (AvgIpc) is 2.24. The number of hydrogen-bond donors (Lipinski definition) is 1. The van der Waals surface area contributed by atoms with E-state index in [1.807, 2.05) is 26.0 Å². The Morgan fingerprint density at radius 2 is 2.00 bits per heavy atom. The van der Waals surface area contributed by atoms with Gasteiger partial charge in [-0.05, 0) is 6.42 Å². The summed E-state index contributed by atoms with van der Waals surface area (Å²) in [4.78, 5) is 0. The second-order valence-corrected chi connectivity index (χ2v) is 2.34. The fourth-order valence-corrected chi connectivity index (χ4v) is 0.657. The number of aliphatic hydroxyl groups is 1. The van der Waals surface area contributed by atoms with Crippen molar-refractivity contribution >= 4 is 0 Å². The van der Waals surface area contributed by atoms with E-state index in [-0.39, 0.29) is 6.61 Å². The van der Waals surface area contributed by atoms with Gasteiger partial charge in [0.2, 0.25) is 0 Å². The number of hydrogen-bond acceptors (Lipinski definition) is 2. The first-order valence-corrected chi connectivity index (χ1v) is 4.96. The lowest BCUT2D eigenvalue weighted by Gasteiger charge is -2.00. The van der Waals surface area contributed by atoms with Crippen LogP contribution < -0.4 is 0 Å². The van der Waals surface area contributed by atoms with E-state index < -0.39 is 0 Å². The molecule has 0 aliphatic carbocycles. The van der Waals surface area contributed by atoms with E-state index in [1.165, 1.54) is 0 Å². The number of aliphatic hydroxyl groups excluding tert-OH is 1. The third kappa shape index (κ3) is 13.7. The van der Waals surface area contributed by atoms with Crippen molar-refractivity contribution in [2.24, 2.45) is 0 Å². The molecule has 2 heteroatoms. The van der Waals surface area contributed by atoms with Crippen molar-refractivity contribution in [1.82, 2.24) is 0 Å². The van der Waals surface area contributed by atoms with Crippen molar-refractivity contribution in [3.63, 3.8) is 0 Å². The standard InChI is InChI=1S/C10H16O2.C2H6/c1-3-4-5-10(2)6-8-12-9-7-11;1-2/h3-5,11H,1-2,6-9H2;1-2H3/b5-4-;. The molecule has 0 aromatic carbocycles. The quantitative estimate of drug-likeness (QED) is 0.503. The number of allylic oxidation sites excluding steroid dienone is 3. The highest BCUT2D eigenvalue weighted by Gasteiger charge is 1.89. The lowest BCUT2D eigenvalue weighted by Crippen LogP contribution is -2.00. The van der Waals surface area contributed by atoms with Gasteiger partial charge in [-0.1, -0.05) is 50.8 Å². The van der Waals surface area contributed by atoms with Crippen LogP contribution >= 0.6 is 0 Å². The van der Waals surface area contributed by atoms with Gasteiger partial charge in [-0.2, -0.15) is 0 Å². The van der Waals surface area contributed by atoms with Gasteiger partial charge in [0.1, 0.15) is 0 Å². The van der Waals surface area contributed by atoms with Crippen LogP contribution in [0.3, 0.4) is 0 Å². The van der Waals surface area contributed by atoms with Crippen molar-refractivity contribution in [3.05, 3.63) is 37.0 Å². The fraction of sp³-hybridized carbons (Fsp3) is 0.500. The number of ether oxygens (including phenoxy) is 1. The molecule has 0 aliphatic heterocycles. The van der Waals surface area contributed by atoms with Crippen LogP contribution in [0.5, 0.6) is 0 Å². The molecule has 0 aromatic rings. The molecule has 14 heavy (non-hydrogen) atoms. The summed E-state index contributed by atoms with van der Waals surface area (Å²) in [5.74, 6) is 0. The van der Waals surface area contributed by atoms with Gasteiger partial charge < -0.3 is 9.84 Å². The third-order valence-corrected chi connectivity index (χ3v) is 1.27. The van der Waals surface area contributed by atoms with Crippen LogP contribution in [0.4, 0.5) is 0 Å². The maximum atomic E-state index is 8.40. The van der Waals surface area contributed by atoms with Crippen LogP contribution in [0.2, 0.25) is 0 Å². The summed E-state index contributed by atoms with van der Waals surface area (Å²) in [6.07, 6.45) is 6.24. The van der Waals surface area contributed by atoms with E-state index in [1.54, 1.807) is 6.08 Å². The molecule has 2 nitrogen and oxygen atoms in total. The first kappa shape index (κ1) is 15.6. The van der Waals surface area contributed by atoms with Gasteiger partial charge in [0, 0.05) is 0 Å². The lowest BCUT2D eigenvalue weighted by atomic mass is 10.2. The summed E-state index contributed by atoms with van der Waals surface area (Å²) in [6.45, 7) is 12.5. The molecule has 0 spiro atoms. The SMILES string of the molecule is C=C/C=C\C(=C)CCOCCO.CC. The summed E-state index contributed by atoms with van der Waals surface area (Å²) in [5, 5.41) is 8.40. The van der Waals surface area contributed by atoms with Crippen molar-refractivity contribution in [3.8, 4) is 0 Å². The Kier molecular flexibility index (Phi) is 16.3. The fourth-order valence-electron chi connectivity index (χ4n) is 0.657. The van der Waals surface area contributed by atoms with Gasteiger partial charge in [-0.25, -0.2) is 0 Å². The Balaban J connectivity index is 0. The highest BCUT2D eigenvalue weighted by molar-refractivity contribution is 5.17. The molecule has 0 aliphatic rings.